The van der Waals surface area contributed by atoms with Gasteiger partial charge in [-0.3, -0.25) is 0 Å². The van der Waals surface area contributed by atoms with Crippen molar-refractivity contribution in [1.29, 1.82) is 0 Å². The Morgan fingerprint density at radius 3 is 0.800 bits per heavy atom. The second kappa shape index (κ2) is 6.84. The zero-order valence-corrected chi connectivity index (χ0v) is 13.2. The maximum atomic E-state index is 14.3. The molecule has 0 fully saturated rings. The maximum absolute atomic E-state index is 14.3. The van der Waals surface area contributed by atoms with E-state index in [-0.39, 0.29) is 0 Å². The van der Waals surface area contributed by atoms with Crippen LogP contribution in [0.2, 0.25) is 0 Å². The molecule has 3 aromatic carbocycles. The molecule has 128 valence electrons. The molecule has 25 heavy (non-hydrogen) atoms. The Kier molecular flexibility index (Phi) is 4.76. The summed E-state index contributed by atoms with van der Waals surface area (Å²) in [7, 11) is -2.33. The van der Waals surface area contributed by atoms with Gasteiger partial charge in [-0.2, -0.15) is 0 Å². The molecule has 0 bridgehead atoms. The molecule has 3 rings (SSSR count). The lowest BCUT2D eigenvalue weighted by Crippen LogP contribution is -2.16. The topological polar surface area (TPSA) is 0 Å². The van der Waals surface area contributed by atoms with E-state index in [2.05, 4.69) is 0 Å². The second-order valence-electron chi connectivity index (χ2n) is 4.96. The van der Waals surface area contributed by atoms with Gasteiger partial charge in [-0.1, -0.05) is 18.2 Å². The number of hydrogen-bond acceptors (Lipinski definition) is 0. The molecule has 0 saturated heterocycles. The summed E-state index contributed by atoms with van der Waals surface area (Å²) >= 11 is 0. The standard InChI is InChI=1S/C18H9F6S/c19-10-4-1-5-11(20)16(10)25(17-12(21)6-2-7-13(17)22)18-14(23)8-3-9-15(18)24/h1-9H/q+1. The average molecular weight is 371 g/mol. The zero-order chi connectivity index (χ0) is 18.1. The lowest BCUT2D eigenvalue weighted by atomic mass is 10.3. The first-order chi connectivity index (χ1) is 11.9. The predicted molar refractivity (Wildman–Crippen MR) is 81.2 cm³/mol. The Bertz CT molecular complexity index is 758. The van der Waals surface area contributed by atoms with Gasteiger partial charge in [0.05, 0.1) is 0 Å². The molecule has 0 amide bonds. The third-order valence-corrected chi connectivity index (χ3v) is 5.76. The van der Waals surface area contributed by atoms with Gasteiger partial charge in [0, 0.05) is 0 Å². The third-order valence-electron chi connectivity index (χ3n) is 3.37. The minimum absolute atomic E-state index is 0.810. The molecule has 0 saturated carbocycles. The minimum atomic E-state index is -2.33. The predicted octanol–water partition coefficient (Wildman–Crippen LogP) is 5.62. The van der Waals surface area contributed by atoms with Crippen molar-refractivity contribution in [3.63, 3.8) is 0 Å². The van der Waals surface area contributed by atoms with Crippen LogP contribution in [0.15, 0.2) is 69.3 Å². The largest absolute Gasteiger partial charge is 0.238 e. The van der Waals surface area contributed by atoms with E-state index in [4.69, 9.17) is 0 Å². The van der Waals surface area contributed by atoms with Crippen LogP contribution in [0, 0.1) is 34.9 Å². The third kappa shape index (κ3) is 3.11. The Morgan fingerprint density at radius 2 is 0.600 bits per heavy atom. The van der Waals surface area contributed by atoms with Gasteiger partial charge in [-0.05, 0) is 36.4 Å². The van der Waals surface area contributed by atoms with Crippen molar-refractivity contribution >= 4 is 10.9 Å². The van der Waals surface area contributed by atoms with Crippen molar-refractivity contribution in [1.82, 2.24) is 0 Å². The molecule has 0 nitrogen and oxygen atoms in total. The van der Waals surface area contributed by atoms with Gasteiger partial charge in [0.25, 0.3) is 0 Å². The molecule has 0 radical (unpaired) electrons. The second-order valence-corrected chi connectivity index (χ2v) is 6.80. The molecular formula is C18H9F6S+. The number of halogens is 6. The average Bonchev–Trinajstić information content (AvgIpc) is 2.53. The fourth-order valence-electron chi connectivity index (χ4n) is 2.34. The Labute approximate surface area is 142 Å². The molecule has 0 aliphatic rings. The molecule has 7 heteroatoms. The highest BCUT2D eigenvalue weighted by molar-refractivity contribution is 7.97. The summed E-state index contributed by atoms with van der Waals surface area (Å²) in [6.07, 6.45) is 0. The van der Waals surface area contributed by atoms with Gasteiger partial charge in [-0.25, -0.2) is 26.3 Å². The van der Waals surface area contributed by atoms with Crippen LogP contribution in [-0.2, 0) is 10.9 Å². The summed E-state index contributed by atoms with van der Waals surface area (Å²) in [5.74, 6) is -6.95. The van der Waals surface area contributed by atoms with Crippen molar-refractivity contribution in [2.45, 2.75) is 14.7 Å². The molecular weight excluding hydrogens is 362 g/mol. The highest BCUT2D eigenvalue weighted by Crippen LogP contribution is 2.39. The van der Waals surface area contributed by atoms with Crippen molar-refractivity contribution in [2.75, 3.05) is 0 Å². The summed E-state index contributed by atoms with van der Waals surface area (Å²) in [4.78, 5) is -2.43. The summed E-state index contributed by atoms with van der Waals surface area (Å²) in [5.41, 5.74) is 0. The first kappa shape index (κ1) is 17.4. The zero-order valence-electron chi connectivity index (χ0n) is 12.4. The lowest BCUT2D eigenvalue weighted by Gasteiger charge is -2.12. The van der Waals surface area contributed by atoms with Crippen LogP contribution in [0.3, 0.4) is 0 Å². The van der Waals surface area contributed by atoms with Gasteiger partial charge < -0.3 is 0 Å². The van der Waals surface area contributed by atoms with E-state index in [9.17, 15) is 26.3 Å². The molecule has 0 unspecified atom stereocenters. The molecule has 3 aromatic rings. The Hall–Kier alpha value is -2.41. The Morgan fingerprint density at radius 1 is 0.400 bits per heavy atom. The van der Waals surface area contributed by atoms with Gasteiger partial charge >= 0.3 is 0 Å². The Balaban J connectivity index is 2.42. The van der Waals surface area contributed by atoms with E-state index < -0.39 is 60.5 Å². The van der Waals surface area contributed by atoms with Crippen molar-refractivity contribution in [3.8, 4) is 0 Å². The highest BCUT2D eigenvalue weighted by atomic mass is 32.2. The van der Waals surface area contributed by atoms with Crippen LogP contribution in [0.5, 0.6) is 0 Å². The molecule has 0 heterocycles. The van der Waals surface area contributed by atoms with Gasteiger partial charge in [0.1, 0.15) is 10.9 Å². The van der Waals surface area contributed by atoms with E-state index >= 15 is 0 Å². The molecule has 0 aliphatic heterocycles. The van der Waals surface area contributed by atoms with Crippen molar-refractivity contribution in [2.24, 2.45) is 0 Å². The van der Waals surface area contributed by atoms with Crippen LogP contribution < -0.4 is 0 Å². The monoisotopic (exact) mass is 371 g/mol. The number of benzene rings is 3. The molecule has 0 aromatic heterocycles. The van der Waals surface area contributed by atoms with E-state index in [0.29, 0.717) is 0 Å². The smallest absolute Gasteiger partial charge is 0.201 e. The first-order valence-corrected chi connectivity index (χ1v) is 8.20. The van der Waals surface area contributed by atoms with E-state index in [0.717, 1.165) is 54.6 Å². The normalized spacial score (nSPS) is 11.2. The highest BCUT2D eigenvalue weighted by Gasteiger charge is 2.44. The summed E-state index contributed by atoms with van der Waals surface area (Å²) in [5, 5.41) is 0. The van der Waals surface area contributed by atoms with Crippen LogP contribution in [0.4, 0.5) is 26.3 Å². The van der Waals surface area contributed by atoms with Crippen LogP contribution in [0.25, 0.3) is 0 Å². The quantitative estimate of drug-likeness (QED) is 0.414. The van der Waals surface area contributed by atoms with Crippen LogP contribution in [0.1, 0.15) is 0 Å². The van der Waals surface area contributed by atoms with Gasteiger partial charge in [0.15, 0.2) is 34.9 Å². The van der Waals surface area contributed by atoms with Crippen molar-refractivity contribution in [3.05, 3.63) is 89.5 Å². The molecule has 0 atom stereocenters. The minimum Gasteiger partial charge on any atom is -0.201 e. The van der Waals surface area contributed by atoms with Crippen LogP contribution >= 0.6 is 0 Å². The fourth-order valence-corrected chi connectivity index (χ4v) is 4.53. The summed E-state index contributed by atoms with van der Waals surface area (Å²) in [6.45, 7) is 0. The number of rotatable bonds is 3. The molecule has 0 N–H and O–H groups in total. The van der Waals surface area contributed by atoms with E-state index in [1.54, 1.807) is 0 Å². The lowest BCUT2D eigenvalue weighted by molar-refractivity contribution is 0.518. The molecule has 0 aliphatic carbocycles. The summed E-state index contributed by atoms with van der Waals surface area (Å²) in [6, 6.07) is 8.28. The summed E-state index contributed by atoms with van der Waals surface area (Å²) < 4.78 is 85.7. The van der Waals surface area contributed by atoms with E-state index in [1.165, 1.54) is 0 Å². The first-order valence-electron chi connectivity index (χ1n) is 6.98. The van der Waals surface area contributed by atoms with Crippen molar-refractivity contribution < 1.29 is 26.3 Å². The van der Waals surface area contributed by atoms with Gasteiger partial charge in [-0.15, -0.1) is 0 Å². The SMILES string of the molecule is Fc1cccc(F)c1[S+](c1c(F)cccc1F)c1c(F)cccc1F. The number of hydrogen-bond donors (Lipinski definition) is 0. The maximum Gasteiger partial charge on any atom is 0.238 e. The molecule has 0 spiro atoms. The fraction of sp³-hybridized carbons (Fsp3) is 0. The van der Waals surface area contributed by atoms with Gasteiger partial charge in [0.2, 0.25) is 14.7 Å². The van der Waals surface area contributed by atoms with E-state index in [1.807, 2.05) is 0 Å². The van der Waals surface area contributed by atoms with Crippen LogP contribution in [-0.4, -0.2) is 0 Å².